The summed E-state index contributed by atoms with van der Waals surface area (Å²) < 4.78 is 12.1. The number of carbonyl (C=O) groups is 1. The van der Waals surface area contributed by atoms with Crippen molar-refractivity contribution in [1.29, 1.82) is 0 Å². The summed E-state index contributed by atoms with van der Waals surface area (Å²) in [7, 11) is 0. The second-order valence-corrected chi connectivity index (χ2v) is 8.52. The first-order chi connectivity index (χ1) is 17.0. The van der Waals surface area contributed by atoms with Gasteiger partial charge in [-0.05, 0) is 49.2 Å². The molecule has 3 aromatic rings. The minimum absolute atomic E-state index is 0.0322. The Morgan fingerprint density at radius 1 is 1.00 bits per heavy atom. The van der Waals surface area contributed by atoms with Gasteiger partial charge in [-0.1, -0.05) is 55.7 Å². The van der Waals surface area contributed by atoms with E-state index < -0.39 is 4.92 Å². The molecular formula is C28H28N2O5. The molecule has 0 aliphatic heterocycles. The van der Waals surface area contributed by atoms with Crippen molar-refractivity contribution in [2.24, 2.45) is 0 Å². The highest BCUT2D eigenvalue weighted by Crippen LogP contribution is 2.34. The zero-order valence-corrected chi connectivity index (χ0v) is 19.5. The van der Waals surface area contributed by atoms with E-state index in [1.165, 1.54) is 24.6 Å². The molecule has 1 saturated carbocycles. The van der Waals surface area contributed by atoms with Crippen molar-refractivity contribution in [3.05, 3.63) is 106 Å². The number of hydrogen-bond donors (Lipinski definition) is 0. The predicted octanol–water partition coefficient (Wildman–Crippen LogP) is 7.03. The van der Waals surface area contributed by atoms with Crippen molar-refractivity contribution in [2.75, 3.05) is 4.90 Å². The van der Waals surface area contributed by atoms with Crippen molar-refractivity contribution >= 4 is 17.7 Å². The molecule has 4 rings (SSSR count). The molecule has 35 heavy (non-hydrogen) atoms. The third-order valence-electron chi connectivity index (χ3n) is 6.11. The first-order valence-corrected chi connectivity index (χ1v) is 11.7. The number of nitro groups is 1. The average molecular weight is 473 g/mol. The maximum Gasteiger partial charge on any atom is 0.280 e. The quantitative estimate of drug-likeness (QED) is 0.136. The summed E-state index contributed by atoms with van der Waals surface area (Å²) in [5.74, 6) is 1.47. The molecule has 180 valence electrons. The Balaban J connectivity index is 1.56. The van der Waals surface area contributed by atoms with Gasteiger partial charge in [0.1, 0.15) is 18.1 Å². The number of rotatable bonds is 10. The third kappa shape index (κ3) is 6.06. The molecule has 0 spiro atoms. The van der Waals surface area contributed by atoms with Gasteiger partial charge in [0, 0.05) is 23.9 Å². The molecule has 7 nitrogen and oxygen atoms in total. The molecule has 0 atom stereocenters. The van der Waals surface area contributed by atoms with Gasteiger partial charge < -0.3 is 14.4 Å². The largest absolute Gasteiger partial charge is 0.474 e. The Hall–Kier alpha value is -4.13. The summed E-state index contributed by atoms with van der Waals surface area (Å²) in [6, 6.07) is 22.0. The van der Waals surface area contributed by atoms with Crippen LogP contribution in [0, 0.1) is 10.1 Å². The van der Waals surface area contributed by atoms with Gasteiger partial charge in [0.15, 0.2) is 12.2 Å². The number of carbonyl (C=O) groups excluding carboxylic acids is 1. The van der Waals surface area contributed by atoms with Crippen LogP contribution in [-0.4, -0.2) is 17.3 Å². The van der Waals surface area contributed by atoms with Crippen LogP contribution in [0.25, 0.3) is 0 Å². The highest BCUT2D eigenvalue weighted by molar-refractivity contribution is 5.82. The van der Waals surface area contributed by atoms with Crippen LogP contribution in [0.4, 0.5) is 11.4 Å². The van der Waals surface area contributed by atoms with Gasteiger partial charge in [-0.15, -0.1) is 0 Å². The molecular weight excluding hydrogens is 444 g/mol. The Kier molecular flexibility index (Phi) is 7.77. The summed E-state index contributed by atoms with van der Waals surface area (Å²) in [6.07, 6.45) is 6.08. The summed E-state index contributed by atoms with van der Waals surface area (Å²) in [6.45, 7) is 4.67. The zero-order chi connectivity index (χ0) is 24.6. The molecule has 0 N–H and O–H groups in total. The maximum atomic E-state index is 11.3. The summed E-state index contributed by atoms with van der Waals surface area (Å²) >= 11 is 0. The van der Waals surface area contributed by atoms with Crippen molar-refractivity contribution in [3.63, 3.8) is 0 Å². The zero-order valence-electron chi connectivity index (χ0n) is 19.5. The Labute approximate surface area is 204 Å². The van der Waals surface area contributed by atoms with E-state index in [-0.39, 0.29) is 17.3 Å². The van der Waals surface area contributed by atoms with Crippen LogP contribution < -0.4 is 9.64 Å². The lowest BCUT2D eigenvalue weighted by Gasteiger charge is -2.36. The molecule has 0 amide bonds. The minimum Gasteiger partial charge on any atom is -0.474 e. The number of hydrogen-bond acceptors (Lipinski definition) is 6. The standard InChI is InChI=1S/C28H28N2O5/c1-21(34-20-22-9-4-2-5-10-22)29(24-11-6-3-7-12-24)25-13-8-14-26(18-25)35-27-15-16-28(30(32)33)23(17-27)19-31/h2,4-5,8-10,13-19,24H,1,3,6-7,11-12,20H2. The molecule has 3 aromatic carbocycles. The Morgan fingerprint density at radius 2 is 1.74 bits per heavy atom. The van der Waals surface area contributed by atoms with Gasteiger partial charge in [0.25, 0.3) is 5.69 Å². The fraction of sp³-hybridized carbons (Fsp3) is 0.250. The van der Waals surface area contributed by atoms with E-state index in [2.05, 4.69) is 11.5 Å². The van der Waals surface area contributed by atoms with Gasteiger partial charge in [-0.3, -0.25) is 14.9 Å². The molecule has 0 heterocycles. The lowest BCUT2D eigenvalue weighted by atomic mass is 9.94. The number of benzene rings is 3. The van der Waals surface area contributed by atoms with E-state index in [0.29, 0.717) is 30.3 Å². The SMILES string of the molecule is C=C(OCc1ccccc1)N(c1cccc(Oc2ccc([N+](=O)[O-])c(C=O)c2)c1)C1CCCCC1. The van der Waals surface area contributed by atoms with Crippen molar-refractivity contribution < 1.29 is 19.2 Å². The first-order valence-electron chi connectivity index (χ1n) is 11.7. The smallest absolute Gasteiger partial charge is 0.280 e. The highest BCUT2D eigenvalue weighted by atomic mass is 16.6. The number of nitro benzene ring substituents is 1. The van der Waals surface area contributed by atoms with Crippen LogP contribution in [0.15, 0.2) is 85.3 Å². The van der Waals surface area contributed by atoms with Crippen LogP contribution in [0.1, 0.15) is 48.0 Å². The van der Waals surface area contributed by atoms with E-state index in [0.717, 1.165) is 36.9 Å². The molecule has 7 heteroatoms. The predicted molar refractivity (Wildman–Crippen MR) is 135 cm³/mol. The van der Waals surface area contributed by atoms with Crippen LogP contribution in [0.2, 0.25) is 0 Å². The second-order valence-electron chi connectivity index (χ2n) is 8.52. The Morgan fingerprint density at radius 3 is 2.46 bits per heavy atom. The average Bonchev–Trinajstić information content (AvgIpc) is 2.89. The summed E-state index contributed by atoms with van der Waals surface area (Å²) in [4.78, 5) is 24.0. The van der Waals surface area contributed by atoms with E-state index in [4.69, 9.17) is 9.47 Å². The topological polar surface area (TPSA) is 81.9 Å². The third-order valence-corrected chi connectivity index (χ3v) is 6.11. The van der Waals surface area contributed by atoms with E-state index in [9.17, 15) is 14.9 Å². The number of ether oxygens (including phenoxy) is 2. The fourth-order valence-corrected chi connectivity index (χ4v) is 4.40. The van der Waals surface area contributed by atoms with E-state index in [1.807, 2.05) is 48.5 Å². The molecule has 0 bridgehead atoms. The fourth-order valence-electron chi connectivity index (χ4n) is 4.40. The van der Waals surface area contributed by atoms with Crippen LogP contribution in [0.5, 0.6) is 11.5 Å². The van der Waals surface area contributed by atoms with Crippen LogP contribution in [-0.2, 0) is 11.3 Å². The molecule has 1 fully saturated rings. The lowest BCUT2D eigenvalue weighted by molar-refractivity contribution is -0.385. The summed E-state index contributed by atoms with van der Waals surface area (Å²) in [5.41, 5.74) is 1.68. The van der Waals surface area contributed by atoms with Gasteiger partial charge >= 0.3 is 0 Å². The minimum atomic E-state index is -0.586. The molecule has 1 aliphatic carbocycles. The number of nitrogens with zero attached hydrogens (tertiary/aromatic N) is 2. The van der Waals surface area contributed by atoms with E-state index in [1.54, 1.807) is 6.07 Å². The van der Waals surface area contributed by atoms with Crippen LogP contribution >= 0.6 is 0 Å². The molecule has 1 aliphatic rings. The van der Waals surface area contributed by atoms with Crippen molar-refractivity contribution in [3.8, 4) is 11.5 Å². The van der Waals surface area contributed by atoms with Crippen molar-refractivity contribution in [1.82, 2.24) is 0 Å². The Bertz CT molecular complexity index is 1190. The monoisotopic (exact) mass is 472 g/mol. The summed E-state index contributed by atoms with van der Waals surface area (Å²) in [5, 5.41) is 11.1. The van der Waals surface area contributed by atoms with Crippen LogP contribution in [0.3, 0.4) is 0 Å². The second kappa shape index (κ2) is 11.3. The number of aldehydes is 1. The molecule has 0 saturated heterocycles. The molecule has 0 unspecified atom stereocenters. The van der Waals surface area contributed by atoms with Gasteiger partial charge in [-0.25, -0.2) is 0 Å². The van der Waals surface area contributed by atoms with Gasteiger partial charge in [0.2, 0.25) is 0 Å². The first kappa shape index (κ1) is 24.0. The van der Waals surface area contributed by atoms with Gasteiger partial charge in [-0.2, -0.15) is 0 Å². The van der Waals surface area contributed by atoms with Crippen molar-refractivity contribution in [2.45, 2.75) is 44.8 Å². The van der Waals surface area contributed by atoms with E-state index >= 15 is 0 Å². The normalized spacial score (nSPS) is 13.6. The van der Waals surface area contributed by atoms with Gasteiger partial charge in [0.05, 0.1) is 10.5 Å². The molecule has 0 radical (unpaired) electrons. The molecule has 0 aromatic heterocycles. The lowest BCUT2D eigenvalue weighted by Crippen LogP contribution is -2.36. The maximum absolute atomic E-state index is 11.3. The highest BCUT2D eigenvalue weighted by Gasteiger charge is 2.25. The number of anilines is 1.